The Kier molecular flexibility index (Phi) is 5.89. The van der Waals surface area contributed by atoms with Gasteiger partial charge < -0.3 is 5.32 Å². The average Bonchev–Trinajstić information content (AvgIpc) is 3.23. The standard InChI is InChI=1S/C27H21ClN2OS/c28-20-13-14-23-21(16-20)25-22(17-30-23)24(19-11-5-2-6-12-19)26(32-25)27(31)29-15-7-10-18-8-3-1-4-9-18/h1-6,8-9,11-14,16-17H,7,10,15H2,(H,29,31). The van der Waals surface area contributed by atoms with Gasteiger partial charge in [-0.05, 0) is 42.2 Å². The third-order valence-electron chi connectivity index (χ3n) is 5.52. The van der Waals surface area contributed by atoms with Crippen LogP contribution in [0.2, 0.25) is 5.02 Å². The lowest BCUT2D eigenvalue weighted by Crippen LogP contribution is -2.24. The molecule has 0 saturated heterocycles. The van der Waals surface area contributed by atoms with Crippen LogP contribution < -0.4 is 5.32 Å². The molecule has 1 amide bonds. The van der Waals surface area contributed by atoms with Crippen molar-refractivity contribution in [1.29, 1.82) is 0 Å². The summed E-state index contributed by atoms with van der Waals surface area (Å²) in [5.74, 6) is -0.0479. The molecule has 2 heterocycles. The minimum Gasteiger partial charge on any atom is -0.351 e. The number of aryl methyl sites for hydroxylation is 1. The number of carbonyl (C=O) groups is 1. The van der Waals surface area contributed by atoms with Crippen molar-refractivity contribution in [3.63, 3.8) is 0 Å². The third-order valence-corrected chi connectivity index (χ3v) is 6.99. The van der Waals surface area contributed by atoms with E-state index in [1.165, 1.54) is 16.9 Å². The predicted octanol–water partition coefficient (Wildman–Crippen LogP) is 7.13. The molecule has 0 saturated carbocycles. The monoisotopic (exact) mass is 456 g/mol. The summed E-state index contributed by atoms with van der Waals surface area (Å²) in [7, 11) is 0. The first-order valence-corrected chi connectivity index (χ1v) is 11.8. The van der Waals surface area contributed by atoms with Gasteiger partial charge in [0.25, 0.3) is 5.91 Å². The van der Waals surface area contributed by atoms with Crippen LogP contribution >= 0.6 is 22.9 Å². The number of fused-ring (bicyclic) bond motifs is 3. The summed E-state index contributed by atoms with van der Waals surface area (Å²) in [5.41, 5.74) is 4.09. The van der Waals surface area contributed by atoms with Crippen LogP contribution in [0, 0.1) is 0 Å². The first-order valence-electron chi connectivity index (χ1n) is 10.6. The molecule has 2 aromatic heterocycles. The molecule has 0 aliphatic heterocycles. The molecule has 3 aromatic carbocycles. The molecule has 1 N–H and O–H groups in total. The average molecular weight is 457 g/mol. The summed E-state index contributed by atoms with van der Waals surface area (Å²) in [4.78, 5) is 18.6. The number of carbonyl (C=O) groups excluding carboxylic acids is 1. The van der Waals surface area contributed by atoms with E-state index in [2.05, 4.69) is 22.4 Å². The largest absolute Gasteiger partial charge is 0.351 e. The Morgan fingerprint density at radius 1 is 0.938 bits per heavy atom. The summed E-state index contributed by atoms with van der Waals surface area (Å²) in [6.07, 6.45) is 3.70. The van der Waals surface area contributed by atoms with Gasteiger partial charge in [-0.3, -0.25) is 9.78 Å². The first-order chi connectivity index (χ1) is 15.7. The van der Waals surface area contributed by atoms with Gasteiger partial charge >= 0.3 is 0 Å². The minimum absolute atomic E-state index is 0.0479. The van der Waals surface area contributed by atoms with Crippen LogP contribution in [-0.2, 0) is 6.42 Å². The molecule has 0 unspecified atom stereocenters. The van der Waals surface area contributed by atoms with Gasteiger partial charge in [0.2, 0.25) is 0 Å². The first kappa shape index (κ1) is 20.7. The molecule has 0 atom stereocenters. The van der Waals surface area contributed by atoms with Gasteiger partial charge in [0.05, 0.1) is 5.52 Å². The van der Waals surface area contributed by atoms with Crippen LogP contribution in [0.4, 0.5) is 0 Å². The van der Waals surface area contributed by atoms with E-state index < -0.39 is 0 Å². The van der Waals surface area contributed by atoms with Gasteiger partial charge in [0.15, 0.2) is 0 Å². The second-order valence-electron chi connectivity index (χ2n) is 7.68. The summed E-state index contributed by atoms with van der Waals surface area (Å²) < 4.78 is 1.03. The van der Waals surface area contributed by atoms with Gasteiger partial charge in [0, 0.05) is 38.8 Å². The van der Waals surface area contributed by atoms with Crippen LogP contribution in [0.15, 0.2) is 85.1 Å². The maximum Gasteiger partial charge on any atom is 0.262 e. The molecule has 5 heteroatoms. The Bertz CT molecular complexity index is 1400. The molecule has 0 bridgehead atoms. The van der Waals surface area contributed by atoms with E-state index >= 15 is 0 Å². The Morgan fingerprint density at radius 3 is 2.47 bits per heavy atom. The van der Waals surface area contributed by atoms with Crippen molar-refractivity contribution in [2.24, 2.45) is 0 Å². The lowest BCUT2D eigenvalue weighted by Gasteiger charge is -2.07. The molecular formula is C27H21ClN2OS. The zero-order chi connectivity index (χ0) is 21.9. The number of pyridine rings is 1. The van der Waals surface area contributed by atoms with Crippen LogP contribution in [0.3, 0.4) is 0 Å². The molecule has 0 aliphatic carbocycles. The normalized spacial score (nSPS) is 11.2. The second-order valence-corrected chi connectivity index (χ2v) is 9.14. The maximum absolute atomic E-state index is 13.3. The molecule has 0 radical (unpaired) electrons. The Labute approximate surface area is 195 Å². The summed E-state index contributed by atoms with van der Waals surface area (Å²) in [6.45, 7) is 0.626. The van der Waals surface area contributed by atoms with Gasteiger partial charge in [-0.1, -0.05) is 72.3 Å². The quantitative estimate of drug-likeness (QED) is 0.276. The van der Waals surface area contributed by atoms with E-state index in [4.69, 9.17) is 11.6 Å². The number of thiophene rings is 1. The highest BCUT2D eigenvalue weighted by molar-refractivity contribution is 7.22. The molecule has 0 aliphatic rings. The van der Waals surface area contributed by atoms with E-state index in [9.17, 15) is 4.79 Å². The SMILES string of the molecule is O=C(NCCCc1ccccc1)c1sc2c(cnc3ccc(Cl)cc32)c1-c1ccccc1. The highest BCUT2D eigenvalue weighted by Crippen LogP contribution is 2.41. The maximum atomic E-state index is 13.3. The molecular weight excluding hydrogens is 436 g/mol. The van der Waals surface area contributed by atoms with Crippen molar-refractivity contribution in [2.75, 3.05) is 6.54 Å². The van der Waals surface area contributed by atoms with Gasteiger partial charge in [-0.25, -0.2) is 0 Å². The lowest BCUT2D eigenvalue weighted by atomic mass is 10.0. The summed E-state index contributed by atoms with van der Waals surface area (Å²) >= 11 is 7.79. The van der Waals surface area contributed by atoms with E-state index in [0.29, 0.717) is 16.4 Å². The van der Waals surface area contributed by atoms with E-state index in [1.807, 2.05) is 72.9 Å². The molecule has 5 rings (SSSR count). The lowest BCUT2D eigenvalue weighted by molar-refractivity contribution is 0.0958. The third kappa shape index (κ3) is 4.12. The van der Waals surface area contributed by atoms with Gasteiger partial charge in [-0.2, -0.15) is 0 Å². The van der Waals surface area contributed by atoms with Crippen LogP contribution in [0.25, 0.3) is 32.1 Å². The fraction of sp³-hybridized carbons (Fsp3) is 0.111. The zero-order valence-corrected chi connectivity index (χ0v) is 18.9. The fourth-order valence-electron chi connectivity index (χ4n) is 3.97. The zero-order valence-electron chi connectivity index (χ0n) is 17.3. The van der Waals surface area contributed by atoms with Crippen LogP contribution in [0.5, 0.6) is 0 Å². The van der Waals surface area contributed by atoms with E-state index in [0.717, 1.165) is 45.0 Å². The number of amides is 1. The molecule has 0 fully saturated rings. The smallest absolute Gasteiger partial charge is 0.262 e. The van der Waals surface area contributed by atoms with E-state index in [-0.39, 0.29) is 5.91 Å². The topological polar surface area (TPSA) is 42.0 Å². The predicted molar refractivity (Wildman–Crippen MR) is 135 cm³/mol. The van der Waals surface area contributed by atoms with Crippen molar-refractivity contribution in [3.05, 3.63) is 101 Å². The molecule has 5 aromatic rings. The fourth-order valence-corrected chi connectivity index (χ4v) is 5.38. The number of halogens is 1. The van der Waals surface area contributed by atoms with E-state index in [1.54, 1.807) is 0 Å². The van der Waals surface area contributed by atoms with Crippen LogP contribution in [-0.4, -0.2) is 17.4 Å². The number of nitrogens with one attached hydrogen (secondary N) is 1. The molecule has 158 valence electrons. The molecule has 3 nitrogen and oxygen atoms in total. The Hall–Kier alpha value is -3.21. The second kappa shape index (κ2) is 9.11. The van der Waals surface area contributed by atoms with Crippen molar-refractivity contribution in [3.8, 4) is 11.1 Å². The van der Waals surface area contributed by atoms with Gasteiger partial charge in [0.1, 0.15) is 4.88 Å². The highest BCUT2D eigenvalue weighted by atomic mass is 35.5. The van der Waals surface area contributed by atoms with Crippen molar-refractivity contribution in [1.82, 2.24) is 10.3 Å². The Balaban J connectivity index is 1.50. The number of aromatic nitrogens is 1. The van der Waals surface area contributed by atoms with Crippen molar-refractivity contribution in [2.45, 2.75) is 12.8 Å². The number of hydrogen-bond acceptors (Lipinski definition) is 3. The number of hydrogen-bond donors (Lipinski definition) is 1. The minimum atomic E-state index is -0.0479. The number of rotatable bonds is 6. The summed E-state index contributed by atoms with van der Waals surface area (Å²) in [5, 5.41) is 5.74. The summed E-state index contributed by atoms with van der Waals surface area (Å²) in [6, 6.07) is 26.1. The molecule has 0 spiro atoms. The number of nitrogens with zero attached hydrogens (tertiary/aromatic N) is 1. The molecule has 32 heavy (non-hydrogen) atoms. The van der Waals surface area contributed by atoms with Crippen molar-refractivity contribution < 1.29 is 4.79 Å². The Morgan fingerprint density at radius 2 is 1.69 bits per heavy atom. The van der Waals surface area contributed by atoms with Crippen molar-refractivity contribution >= 4 is 49.8 Å². The van der Waals surface area contributed by atoms with Gasteiger partial charge in [-0.15, -0.1) is 11.3 Å². The highest BCUT2D eigenvalue weighted by Gasteiger charge is 2.21. The van der Waals surface area contributed by atoms with Crippen LogP contribution in [0.1, 0.15) is 21.7 Å². The number of benzene rings is 3.